The van der Waals surface area contributed by atoms with Crippen molar-refractivity contribution in [3.05, 3.63) is 47.3 Å². The molecular weight excluding hydrogens is 244 g/mol. The highest BCUT2D eigenvalue weighted by atomic mass is 16.5. The molecule has 0 amide bonds. The molecule has 2 N–H and O–H groups in total. The molecule has 100 valence electrons. The van der Waals surface area contributed by atoms with Crippen molar-refractivity contribution in [1.29, 1.82) is 0 Å². The summed E-state index contributed by atoms with van der Waals surface area (Å²) >= 11 is 0. The van der Waals surface area contributed by atoms with Gasteiger partial charge in [0.05, 0.1) is 12.2 Å². The standard InChI is InChI=1S/C13H16N4O2/c1-10-12(15-16-17(10)8-7-14)13(18)19-9-11-5-3-2-4-6-11/h2-6H,7-9,14H2,1H3. The highest BCUT2D eigenvalue weighted by Gasteiger charge is 2.17. The molecule has 0 bridgehead atoms. The second-order valence-corrected chi connectivity index (χ2v) is 4.10. The van der Waals surface area contributed by atoms with Crippen LogP contribution < -0.4 is 5.73 Å². The number of carbonyl (C=O) groups is 1. The van der Waals surface area contributed by atoms with E-state index in [1.165, 1.54) is 0 Å². The van der Waals surface area contributed by atoms with Crippen LogP contribution in [0.5, 0.6) is 0 Å². The Bertz CT molecular complexity index is 551. The SMILES string of the molecule is Cc1c(C(=O)OCc2ccccc2)nnn1CCN. The van der Waals surface area contributed by atoms with Gasteiger partial charge >= 0.3 is 5.97 Å². The summed E-state index contributed by atoms with van der Waals surface area (Å²) in [5.41, 5.74) is 7.29. The first-order valence-electron chi connectivity index (χ1n) is 6.03. The predicted octanol–water partition coefficient (Wildman–Crippen LogP) is 0.902. The third-order valence-corrected chi connectivity index (χ3v) is 2.73. The van der Waals surface area contributed by atoms with Crippen molar-refractivity contribution in [2.45, 2.75) is 20.1 Å². The van der Waals surface area contributed by atoms with Gasteiger partial charge in [-0.1, -0.05) is 35.5 Å². The number of hydrogen-bond donors (Lipinski definition) is 1. The first-order chi connectivity index (χ1) is 9.22. The Morgan fingerprint density at radius 1 is 1.37 bits per heavy atom. The van der Waals surface area contributed by atoms with E-state index in [4.69, 9.17) is 10.5 Å². The van der Waals surface area contributed by atoms with Crippen LogP contribution in [0.4, 0.5) is 0 Å². The number of nitrogens with zero attached hydrogens (tertiary/aromatic N) is 3. The molecule has 0 spiro atoms. The van der Waals surface area contributed by atoms with Gasteiger partial charge in [-0.05, 0) is 12.5 Å². The molecule has 1 aromatic heterocycles. The van der Waals surface area contributed by atoms with Crippen LogP contribution in [0.2, 0.25) is 0 Å². The Hall–Kier alpha value is -2.21. The van der Waals surface area contributed by atoms with E-state index < -0.39 is 5.97 Å². The summed E-state index contributed by atoms with van der Waals surface area (Å²) in [6.45, 7) is 2.98. The molecule has 19 heavy (non-hydrogen) atoms. The fraction of sp³-hybridized carbons (Fsp3) is 0.308. The normalized spacial score (nSPS) is 10.4. The molecule has 0 radical (unpaired) electrons. The van der Waals surface area contributed by atoms with Gasteiger partial charge in [-0.2, -0.15) is 0 Å². The largest absolute Gasteiger partial charge is 0.456 e. The maximum atomic E-state index is 11.9. The van der Waals surface area contributed by atoms with Crippen LogP contribution in [0.1, 0.15) is 21.7 Å². The summed E-state index contributed by atoms with van der Waals surface area (Å²) in [7, 11) is 0. The molecule has 0 fully saturated rings. The number of hydrogen-bond acceptors (Lipinski definition) is 5. The van der Waals surface area contributed by atoms with Gasteiger partial charge in [-0.15, -0.1) is 5.10 Å². The van der Waals surface area contributed by atoms with Gasteiger partial charge in [0.15, 0.2) is 5.69 Å². The van der Waals surface area contributed by atoms with E-state index in [0.717, 1.165) is 5.56 Å². The quantitative estimate of drug-likeness (QED) is 0.808. The minimum atomic E-state index is -0.468. The summed E-state index contributed by atoms with van der Waals surface area (Å²) in [5.74, 6) is -0.468. The third-order valence-electron chi connectivity index (χ3n) is 2.73. The zero-order valence-electron chi connectivity index (χ0n) is 10.7. The van der Waals surface area contributed by atoms with Gasteiger partial charge in [-0.25, -0.2) is 9.48 Å². The van der Waals surface area contributed by atoms with Gasteiger partial charge in [0, 0.05) is 6.54 Å². The summed E-state index contributed by atoms with van der Waals surface area (Å²) < 4.78 is 6.80. The number of rotatable bonds is 5. The lowest BCUT2D eigenvalue weighted by molar-refractivity contribution is 0.0464. The average Bonchev–Trinajstić information content (AvgIpc) is 2.79. The lowest BCUT2D eigenvalue weighted by Gasteiger charge is -2.04. The number of ether oxygens (including phenoxy) is 1. The Kier molecular flexibility index (Phi) is 4.25. The molecule has 0 saturated heterocycles. The summed E-state index contributed by atoms with van der Waals surface area (Å²) in [5, 5.41) is 7.70. The molecule has 2 aromatic rings. The zero-order chi connectivity index (χ0) is 13.7. The van der Waals surface area contributed by atoms with Crippen molar-refractivity contribution in [3.8, 4) is 0 Å². The van der Waals surface area contributed by atoms with Crippen LogP contribution in [0.15, 0.2) is 30.3 Å². The number of nitrogens with two attached hydrogens (primary N) is 1. The van der Waals surface area contributed by atoms with Gasteiger partial charge in [0.25, 0.3) is 0 Å². The van der Waals surface area contributed by atoms with Crippen molar-refractivity contribution in [2.24, 2.45) is 5.73 Å². The summed E-state index contributed by atoms with van der Waals surface area (Å²) in [6.07, 6.45) is 0. The van der Waals surface area contributed by atoms with Crippen LogP contribution in [0, 0.1) is 6.92 Å². The van der Waals surface area contributed by atoms with Crippen LogP contribution >= 0.6 is 0 Å². The second-order valence-electron chi connectivity index (χ2n) is 4.10. The van der Waals surface area contributed by atoms with Crippen molar-refractivity contribution in [3.63, 3.8) is 0 Å². The topological polar surface area (TPSA) is 83.0 Å². The summed E-state index contributed by atoms with van der Waals surface area (Å²) in [6, 6.07) is 9.49. The number of aromatic nitrogens is 3. The molecule has 0 atom stereocenters. The molecular formula is C13H16N4O2. The van der Waals surface area contributed by atoms with Crippen LogP contribution in [-0.4, -0.2) is 27.5 Å². The molecule has 6 nitrogen and oxygen atoms in total. The fourth-order valence-electron chi connectivity index (χ4n) is 1.68. The molecule has 0 aliphatic rings. The number of esters is 1. The maximum Gasteiger partial charge on any atom is 0.361 e. The molecule has 0 aliphatic heterocycles. The number of carbonyl (C=O) groups excluding carboxylic acids is 1. The first-order valence-corrected chi connectivity index (χ1v) is 6.03. The minimum absolute atomic E-state index is 0.225. The first kappa shape index (κ1) is 13.2. The Labute approximate surface area is 111 Å². The highest BCUT2D eigenvalue weighted by Crippen LogP contribution is 2.08. The Morgan fingerprint density at radius 2 is 2.11 bits per heavy atom. The Balaban J connectivity index is 2.00. The van der Waals surface area contributed by atoms with E-state index in [0.29, 0.717) is 18.8 Å². The molecule has 2 rings (SSSR count). The smallest absolute Gasteiger partial charge is 0.361 e. The molecule has 0 aliphatic carbocycles. The lowest BCUT2D eigenvalue weighted by Crippen LogP contribution is -2.13. The third kappa shape index (κ3) is 3.17. The van der Waals surface area contributed by atoms with Crippen molar-refractivity contribution in [2.75, 3.05) is 6.54 Å². The van der Waals surface area contributed by atoms with E-state index in [1.807, 2.05) is 30.3 Å². The molecule has 0 unspecified atom stereocenters. The van der Waals surface area contributed by atoms with E-state index in [2.05, 4.69) is 10.3 Å². The molecule has 1 aromatic carbocycles. The van der Waals surface area contributed by atoms with Gasteiger partial charge < -0.3 is 10.5 Å². The fourth-order valence-corrected chi connectivity index (χ4v) is 1.68. The summed E-state index contributed by atoms with van der Waals surface area (Å²) in [4.78, 5) is 11.9. The lowest BCUT2D eigenvalue weighted by atomic mass is 10.2. The minimum Gasteiger partial charge on any atom is -0.456 e. The van der Waals surface area contributed by atoms with Gasteiger partial charge in [0.2, 0.25) is 0 Å². The van der Waals surface area contributed by atoms with Crippen LogP contribution in [0.25, 0.3) is 0 Å². The van der Waals surface area contributed by atoms with Crippen molar-refractivity contribution in [1.82, 2.24) is 15.0 Å². The zero-order valence-corrected chi connectivity index (χ0v) is 10.7. The van der Waals surface area contributed by atoms with Gasteiger partial charge in [-0.3, -0.25) is 0 Å². The Morgan fingerprint density at radius 3 is 2.79 bits per heavy atom. The van der Waals surface area contributed by atoms with Crippen molar-refractivity contribution >= 4 is 5.97 Å². The molecule has 1 heterocycles. The predicted molar refractivity (Wildman–Crippen MR) is 69.4 cm³/mol. The monoisotopic (exact) mass is 260 g/mol. The molecule has 0 saturated carbocycles. The van der Waals surface area contributed by atoms with Crippen molar-refractivity contribution < 1.29 is 9.53 Å². The van der Waals surface area contributed by atoms with E-state index >= 15 is 0 Å². The number of benzene rings is 1. The highest BCUT2D eigenvalue weighted by molar-refractivity contribution is 5.88. The molecule has 6 heteroatoms. The van der Waals surface area contributed by atoms with E-state index in [1.54, 1.807) is 11.6 Å². The van der Waals surface area contributed by atoms with Crippen LogP contribution in [0.3, 0.4) is 0 Å². The maximum absolute atomic E-state index is 11.9. The van der Waals surface area contributed by atoms with Crippen LogP contribution in [-0.2, 0) is 17.9 Å². The second kappa shape index (κ2) is 6.10. The average molecular weight is 260 g/mol. The van der Waals surface area contributed by atoms with E-state index in [9.17, 15) is 4.79 Å². The van der Waals surface area contributed by atoms with E-state index in [-0.39, 0.29) is 12.3 Å². The van der Waals surface area contributed by atoms with Gasteiger partial charge in [0.1, 0.15) is 6.61 Å².